The molecule has 0 saturated carbocycles. The summed E-state index contributed by atoms with van der Waals surface area (Å²) in [7, 11) is -3.90. The first-order valence-corrected chi connectivity index (χ1v) is 10.5. The Kier molecular flexibility index (Phi) is 9.13. The topological polar surface area (TPSA) is 174 Å². The van der Waals surface area contributed by atoms with Crippen LogP contribution < -0.4 is 10.0 Å². The van der Waals surface area contributed by atoms with Crippen LogP contribution >= 0.6 is 11.3 Å². The van der Waals surface area contributed by atoms with Crippen molar-refractivity contribution < 1.29 is 33.0 Å². The van der Waals surface area contributed by atoms with Gasteiger partial charge >= 0.3 is 0 Å². The number of carboxylic acids is 1. The Morgan fingerprint density at radius 2 is 1.93 bits per heavy atom. The van der Waals surface area contributed by atoms with E-state index in [9.17, 15) is 23.1 Å². The van der Waals surface area contributed by atoms with Gasteiger partial charge in [-0.3, -0.25) is 9.59 Å². The molecule has 1 amide bonds. The number of aliphatic carboxylic acids is 1. The molecule has 0 aliphatic rings. The number of sulfonamides is 1. The number of nitrogens with one attached hydrogen (secondary N) is 2. The van der Waals surface area contributed by atoms with Gasteiger partial charge in [0.1, 0.15) is 18.1 Å². The zero-order valence-corrected chi connectivity index (χ0v) is 17.6. The first-order chi connectivity index (χ1) is 14.0. The van der Waals surface area contributed by atoms with Crippen molar-refractivity contribution in [2.24, 2.45) is 0 Å². The summed E-state index contributed by atoms with van der Waals surface area (Å²) in [6.45, 7) is 2.65. The van der Waals surface area contributed by atoms with E-state index in [-0.39, 0.29) is 29.3 Å². The molecule has 1 aromatic carbocycles. The molecule has 0 spiro atoms. The number of aryl methyl sites for hydroxylation is 1. The van der Waals surface area contributed by atoms with E-state index in [0.717, 1.165) is 30.4 Å². The van der Waals surface area contributed by atoms with Crippen LogP contribution in [-0.2, 0) is 26.2 Å². The number of benzene rings is 1. The molecule has 0 bridgehead atoms. The van der Waals surface area contributed by atoms with Gasteiger partial charge in [-0.25, -0.2) is 13.1 Å². The molecule has 4 N–H and O–H groups in total. The fraction of sp³-hybridized carbons (Fsp3) is 0.222. The molecule has 1 aromatic heterocycles. The van der Waals surface area contributed by atoms with Crippen LogP contribution in [0.5, 0.6) is 5.75 Å². The summed E-state index contributed by atoms with van der Waals surface area (Å²) in [5.74, 6) is -1.53. The Morgan fingerprint density at radius 3 is 2.50 bits per heavy atom. The zero-order valence-electron chi connectivity index (χ0n) is 16.0. The zero-order chi connectivity index (χ0) is 22.9. The highest BCUT2D eigenvalue weighted by Crippen LogP contribution is 2.23. The highest BCUT2D eigenvalue weighted by Gasteiger charge is 2.18. The van der Waals surface area contributed by atoms with E-state index < -0.39 is 21.9 Å². The summed E-state index contributed by atoms with van der Waals surface area (Å²) in [4.78, 5) is 32.1. The van der Waals surface area contributed by atoms with Gasteiger partial charge in [-0.2, -0.15) is 5.26 Å². The Bertz CT molecular complexity index is 1080. The molecule has 2 rings (SSSR count). The second-order valence-corrected chi connectivity index (χ2v) is 8.64. The number of hydrogen-bond donors (Lipinski definition) is 4. The third-order valence-electron chi connectivity index (χ3n) is 3.36. The quantitative estimate of drug-likeness (QED) is 0.451. The van der Waals surface area contributed by atoms with E-state index in [0.29, 0.717) is 21.6 Å². The van der Waals surface area contributed by atoms with Gasteiger partial charge in [0, 0.05) is 18.3 Å². The van der Waals surface area contributed by atoms with Crippen molar-refractivity contribution in [3.05, 3.63) is 45.1 Å². The lowest BCUT2D eigenvalue weighted by molar-refractivity contribution is -0.134. The molecule has 0 aliphatic heterocycles. The maximum absolute atomic E-state index is 12.3. The number of hydrogen-bond acceptors (Lipinski definition) is 8. The van der Waals surface area contributed by atoms with Crippen LogP contribution in [-0.4, -0.2) is 43.3 Å². The van der Waals surface area contributed by atoms with Gasteiger partial charge in [-0.15, -0.1) is 11.3 Å². The first kappa shape index (κ1) is 24.8. The van der Waals surface area contributed by atoms with Crippen LogP contribution in [0.3, 0.4) is 0 Å². The van der Waals surface area contributed by atoms with Gasteiger partial charge in [0.15, 0.2) is 0 Å². The predicted octanol–water partition coefficient (Wildman–Crippen LogP) is 1.13. The Labute approximate surface area is 176 Å². The smallest absolute Gasteiger partial charge is 0.300 e. The van der Waals surface area contributed by atoms with Gasteiger partial charge in [-0.05, 0) is 36.8 Å². The van der Waals surface area contributed by atoms with E-state index in [4.69, 9.17) is 15.2 Å². The molecule has 2 aromatic rings. The number of phenolic OH excluding ortho intramolecular Hbond substituents is 1. The van der Waals surface area contributed by atoms with E-state index in [1.54, 1.807) is 19.1 Å². The molecular weight excluding hydrogens is 434 g/mol. The van der Waals surface area contributed by atoms with Crippen molar-refractivity contribution in [3.8, 4) is 11.8 Å². The average Bonchev–Trinajstić information content (AvgIpc) is 3.05. The van der Waals surface area contributed by atoms with E-state index in [1.807, 2.05) is 0 Å². The summed E-state index contributed by atoms with van der Waals surface area (Å²) in [5, 5.41) is 28.2. The maximum Gasteiger partial charge on any atom is 0.300 e. The van der Waals surface area contributed by atoms with Crippen molar-refractivity contribution in [2.75, 3.05) is 6.54 Å². The minimum absolute atomic E-state index is 0.0441. The van der Waals surface area contributed by atoms with Crippen LogP contribution in [0.4, 0.5) is 0 Å². The fourth-order valence-electron chi connectivity index (χ4n) is 2.10. The van der Waals surface area contributed by atoms with E-state index in [2.05, 4.69) is 10.0 Å². The van der Waals surface area contributed by atoms with Crippen LogP contribution in [0.1, 0.15) is 32.6 Å². The minimum Gasteiger partial charge on any atom is -0.507 e. The number of rotatable bonds is 7. The molecule has 10 nitrogen and oxygen atoms in total. The van der Waals surface area contributed by atoms with Gasteiger partial charge in [0.25, 0.3) is 11.9 Å². The van der Waals surface area contributed by atoms with Crippen molar-refractivity contribution in [1.29, 1.82) is 5.26 Å². The van der Waals surface area contributed by atoms with Crippen molar-refractivity contribution in [2.45, 2.75) is 25.3 Å². The number of carbonyl (C=O) groups is 3. The molecule has 0 radical (unpaired) electrons. The molecule has 160 valence electrons. The van der Waals surface area contributed by atoms with Gasteiger partial charge < -0.3 is 20.3 Å². The van der Waals surface area contributed by atoms with Crippen LogP contribution in [0, 0.1) is 18.3 Å². The number of nitrogens with zero attached hydrogens (tertiary/aromatic N) is 1. The number of nitriles is 1. The molecule has 0 saturated heterocycles. The highest BCUT2D eigenvalue weighted by atomic mass is 32.2. The largest absolute Gasteiger partial charge is 0.507 e. The fourth-order valence-corrected chi connectivity index (χ4v) is 4.25. The molecule has 0 unspecified atom stereocenters. The summed E-state index contributed by atoms with van der Waals surface area (Å²) in [6.07, 6.45) is 0.572. The number of aldehydes is 1. The average molecular weight is 453 g/mol. The monoisotopic (exact) mass is 453 g/mol. The third kappa shape index (κ3) is 7.28. The first-order valence-electron chi connectivity index (χ1n) is 8.25. The highest BCUT2D eigenvalue weighted by molar-refractivity contribution is 7.89. The molecule has 30 heavy (non-hydrogen) atoms. The van der Waals surface area contributed by atoms with Crippen LogP contribution in [0.2, 0.25) is 0 Å². The maximum atomic E-state index is 12.3. The third-order valence-corrected chi connectivity index (χ3v) is 5.99. The Hall–Kier alpha value is -3.27. The summed E-state index contributed by atoms with van der Waals surface area (Å²) in [5.41, 5.74) is 0.526. The lowest BCUT2D eigenvalue weighted by atomic mass is 10.2. The van der Waals surface area contributed by atoms with Crippen molar-refractivity contribution in [3.63, 3.8) is 0 Å². The second-order valence-electron chi connectivity index (χ2n) is 5.74. The summed E-state index contributed by atoms with van der Waals surface area (Å²) >= 11 is 1.12. The molecule has 12 heteroatoms. The Morgan fingerprint density at radius 1 is 1.30 bits per heavy atom. The van der Waals surface area contributed by atoms with Crippen LogP contribution in [0.25, 0.3) is 0 Å². The summed E-state index contributed by atoms with van der Waals surface area (Å²) < 4.78 is 27.1. The number of carbonyl (C=O) groups excluding carboxylic acids is 2. The Balaban J connectivity index is 0.00000103. The number of phenols is 1. The number of amides is 1. The molecule has 0 aliphatic carbocycles. The SMILES string of the molecule is CC(=O)O.Cc1cc(CNS(=O)(=O)c2ccc(O)c(C#N)c2)sc1C(=O)NCC=O. The van der Waals surface area contributed by atoms with Crippen LogP contribution in [0.15, 0.2) is 29.2 Å². The lowest BCUT2D eigenvalue weighted by Gasteiger charge is -2.06. The van der Waals surface area contributed by atoms with E-state index in [1.165, 1.54) is 6.07 Å². The molecule has 1 heterocycles. The van der Waals surface area contributed by atoms with Gasteiger partial charge in [0.2, 0.25) is 10.0 Å². The molecular formula is C18H19N3O7S2. The molecule has 0 atom stereocenters. The second kappa shape index (κ2) is 11.1. The normalized spacial score (nSPS) is 10.3. The predicted molar refractivity (Wildman–Crippen MR) is 108 cm³/mol. The van der Waals surface area contributed by atoms with E-state index >= 15 is 0 Å². The minimum atomic E-state index is -3.90. The number of carboxylic acid groups (broad SMARTS) is 1. The number of aromatic hydroxyl groups is 1. The lowest BCUT2D eigenvalue weighted by Crippen LogP contribution is -2.24. The van der Waals surface area contributed by atoms with Gasteiger partial charge in [0.05, 0.1) is 21.9 Å². The van der Waals surface area contributed by atoms with Crippen molar-refractivity contribution in [1.82, 2.24) is 10.0 Å². The number of thiophene rings is 1. The standard InChI is InChI=1S/C16H15N3O5S2.C2H4O2/c1-10-6-12(25-15(10)16(22)18-4-5-20)9-19-26(23,24)13-2-3-14(21)11(7-13)8-17;1-2(3)4/h2-3,5-7,19,21H,4,9H2,1H3,(H,18,22);1H3,(H,3,4). The van der Waals surface area contributed by atoms with Gasteiger partial charge in [-0.1, -0.05) is 0 Å². The van der Waals surface area contributed by atoms with Crippen molar-refractivity contribution >= 4 is 39.5 Å². The molecule has 0 fully saturated rings. The summed E-state index contributed by atoms with van der Waals surface area (Å²) in [6, 6.07) is 6.80.